The molecule has 0 bridgehead atoms. The molecule has 0 atom stereocenters. The normalized spacial score (nSPS) is 10.2. The molecule has 0 amide bonds. The van der Waals surface area contributed by atoms with E-state index in [0.717, 1.165) is 10.5 Å². The first-order chi connectivity index (χ1) is 8.16. The first-order valence-corrected chi connectivity index (χ1v) is 5.90. The topological polar surface area (TPSA) is 50.2 Å². The molecule has 0 unspecified atom stereocenters. The van der Waals surface area contributed by atoms with Crippen molar-refractivity contribution in [2.24, 2.45) is 0 Å². The van der Waals surface area contributed by atoms with Gasteiger partial charge in [-0.05, 0) is 25.1 Å². The smallest absolute Gasteiger partial charge is 0.336 e. The summed E-state index contributed by atoms with van der Waals surface area (Å²) in [4.78, 5) is 16.7. The fourth-order valence-electron chi connectivity index (χ4n) is 1.44. The SMILES string of the molecule is Cc1cccc(Sc2cnccc2C(=O)O)c1. The largest absolute Gasteiger partial charge is 0.478 e. The summed E-state index contributed by atoms with van der Waals surface area (Å²) in [6, 6.07) is 9.44. The van der Waals surface area contributed by atoms with Gasteiger partial charge in [-0.1, -0.05) is 29.5 Å². The highest BCUT2D eigenvalue weighted by atomic mass is 32.2. The summed E-state index contributed by atoms with van der Waals surface area (Å²) >= 11 is 1.41. The number of benzene rings is 1. The van der Waals surface area contributed by atoms with Gasteiger partial charge in [-0.3, -0.25) is 4.98 Å². The van der Waals surface area contributed by atoms with E-state index in [-0.39, 0.29) is 5.56 Å². The number of hydrogen-bond donors (Lipinski definition) is 1. The number of rotatable bonds is 3. The fourth-order valence-corrected chi connectivity index (χ4v) is 2.47. The Kier molecular flexibility index (Phi) is 3.44. The first-order valence-electron chi connectivity index (χ1n) is 5.08. The van der Waals surface area contributed by atoms with Crippen LogP contribution in [0.1, 0.15) is 15.9 Å². The molecule has 1 N–H and O–H groups in total. The molecule has 2 aromatic rings. The number of pyridine rings is 1. The van der Waals surface area contributed by atoms with Gasteiger partial charge < -0.3 is 5.11 Å². The monoisotopic (exact) mass is 245 g/mol. The molecule has 2 rings (SSSR count). The van der Waals surface area contributed by atoms with Crippen LogP contribution >= 0.6 is 11.8 Å². The molecular formula is C13H11NO2S. The van der Waals surface area contributed by atoms with Crippen LogP contribution in [-0.4, -0.2) is 16.1 Å². The van der Waals surface area contributed by atoms with Crippen LogP contribution in [0, 0.1) is 6.92 Å². The molecule has 0 saturated heterocycles. The lowest BCUT2D eigenvalue weighted by Crippen LogP contribution is -1.98. The lowest BCUT2D eigenvalue weighted by Gasteiger charge is -2.05. The second-order valence-electron chi connectivity index (χ2n) is 3.60. The van der Waals surface area contributed by atoms with Gasteiger partial charge in [0.05, 0.1) is 5.56 Å². The van der Waals surface area contributed by atoms with Crippen molar-refractivity contribution in [2.75, 3.05) is 0 Å². The first kappa shape index (κ1) is 11.7. The number of hydrogen-bond acceptors (Lipinski definition) is 3. The Labute approximate surface area is 104 Å². The second kappa shape index (κ2) is 5.01. The van der Waals surface area contributed by atoms with Crippen LogP contribution in [0.2, 0.25) is 0 Å². The quantitative estimate of drug-likeness (QED) is 0.901. The maximum atomic E-state index is 11.0. The number of aryl methyl sites for hydroxylation is 1. The summed E-state index contributed by atoms with van der Waals surface area (Å²) in [5.74, 6) is -0.928. The van der Waals surface area contributed by atoms with Crippen LogP contribution < -0.4 is 0 Å². The Morgan fingerprint density at radius 2 is 2.18 bits per heavy atom. The van der Waals surface area contributed by atoms with E-state index in [4.69, 9.17) is 5.11 Å². The average molecular weight is 245 g/mol. The van der Waals surface area contributed by atoms with Gasteiger partial charge in [0.1, 0.15) is 0 Å². The zero-order valence-electron chi connectivity index (χ0n) is 9.25. The van der Waals surface area contributed by atoms with Crippen molar-refractivity contribution in [1.82, 2.24) is 4.98 Å². The molecule has 0 aliphatic rings. The number of carboxylic acid groups (broad SMARTS) is 1. The third-order valence-electron chi connectivity index (χ3n) is 2.23. The van der Waals surface area contributed by atoms with E-state index in [1.807, 2.05) is 31.2 Å². The van der Waals surface area contributed by atoms with Crippen LogP contribution in [0.15, 0.2) is 52.5 Å². The van der Waals surface area contributed by atoms with Gasteiger partial charge in [-0.15, -0.1) is 0 Å². The minimum absolute atomic E-state index is 0.284. The standard InChI is InChI=1S/C13H11NO2S/c1-9-3-2-4-10(7-9)17-12-8-14-6-5-11(12)13(15)16/h2-8H,1H3,(H,15,16). The van der Waals surface area contributed by atoms with Crippen molar-refractivity contribution in [2.45, 2.75) is 16.7 Å². The average Bonchev–Trinajstić information content (AvgIpc) is 2.29. The summed E-state index contributed by atoms with van der Waals surface area (Å²) in [5.41, 5.74) is 1.43. The molecule has 0 radical (unpaired) electrons. The zero-order valence-corrected chi connectivity index (χ0v) is 10.1. The van der Waals surface area contributed by atoms with Crippen LogP contribution in [0.3, 0.4) is 0 Å². The number of aromatic nitrogens is 1. The zero-order chi connectivity index (χ0) is 12.3. The summed E-state index contributed by atoms with van der Waals surface area (Å²) in [5, 5.41) is 9.06. The van der Waals surface area contributed by atoms with Crippen LogP contribution in [-0.2, 0) is 0 Å². The molecule has 3 nitrogen and oxygen atoms in total. The summed E-state index contributed by atoms with van der Waals surface area (Å²) < 4.78 is 0. The highest BCUT2D eigenvalue weighted by Gasteiger charge is 2.10. The molecule has 0 fully saturated rings. The van der Waals surface area contributed by atoms with E-state index in [0.29, 0.717) is 4.90 Å². The van der Waals surface area contributed by atoms with E-state index < -0.39 is 5.97 Å². The molecule has 0 aliphatic heterocycles. The van der Waals surface area contributed by atoms with Crippen molar-refractivity contribution >= 4 is 17.7 Å². The van der Waals surface area contributed by atoms with E-state index in [1.54, 1.807) is 6.20 Å². The van der Waals surface area contributed by atoms with Gasteiger partial charge in [-0.2, -0.15) is 0 Å². The Morgan fingerprint density at radius 3 is 2.88 bits per heavy atom. The molecule has 17 heavy (non-hydrogen) atoms. The fraction of sp³-hybridized carbons (Fsp3) is 0.0769. The Hall–Kier alpha value is -1.81. The Morgan fingerprint density at radius 1 is 1.35 bits per heavy atom. The van der Waals surface area contributed by atoms with E-state index in [9.17, 15) is 4.79 Å². The Balaban J connectivity index is 2.33. The number of nitrogens with zero attached hydrogens (tertiary/aromatic N) is 1. The maximum Gasteiger partial charge on any atom is 0.336 e. The lowest BCUT2D eigenvalue weighted by atomic mass is 10.2. The van der Waals surface area contributed by atoms with Gasteiger partial charge in [0.25, 0.3) is 0 Å². The molecule has 86 valence electrons. The van der Waals surface area contributed by atoms with E-state index in [1.165, 1.54) is 24.0 Å². The van der Waals surface area contributed by atoms with Gasteiger partial charge in [0.2, 0.25) is 0 Å². The third kappa shape index (κ3) is 2.85. The third-order valence-corrected chi connectivity index (χ3v) is 3.27. The van der Waals surface area contributed by atoms with Gasteiger partial charge in [0, 0.05) is 22.2 Å². The molecule has 1 heterocycles. The van der Waals surface area contributed by atoms with Gasteiger partial charge in [0.15, 0.2) is 0 Å². The summed E-state index contributed by atoms with van der Waals surface area (Å²) in [7, 11) is 0. The van der Waals surface area contributed by atoms with Crippen molar-refractivity contribution in [3.8, 4) is 0 Å². The molecule has 0 spiro atoms. The highest BCUT2D eigenvalue weighted by molar-refractivity contribution is 7.99. The van der Waals surface area contributed by atoms with Crippen molar-refractivity contribution < 1.29 is 9.90 Å². The second-order valence-corrected chi connectivity index (χ2v) is 4.71. The minimum Gasteiger partial charge on any atom is -0.478 e. The lowest BCUT2D eigenvalue weighted by molar-refractivity contribution is 0.0693. The van der Waals surface area contributed by atoms with E-state index >= 15 is 0 Å². The number of carboxylic acids is 1. The van der Waals surface area contributed by atoms with Crippen molar-refractivity contribution in [1.29, 1.82) is 0 Å². The van der Waals surface area contributed by atoms with Crippen LogP contribution in [0.4, 0.5) is 0 Å². The molecule has 1 aromatic heterocycles. The minimum atomic E-state index is -0.928. The van der Waals surface area contributed by atoms with Crippen molar-refractivity contribution in [3.63, 3.8) is 0 Å². The van der Waals surface area contributed by atoms with Crippen LogP contribution in [0.5, 0.6) is 0 Å². The molecule has 4 heteroatoms. The predicted molar refractivity (Wildman–Crippen MR) is 66.5 cm³/mol. The Bertz CT molecular complexity index is 555. The van der Waals surface area contributed by atoms with E-state index in [2.05, 4.69) is 4.98 Å². The highest BCUT2D eigenvalue weighted by Crippen LogP contribution is 2.30. The summed E-state index contributed by atoms with van der Waals surface area (Å²) in [6.07, 6.45) is 3.07. The van der Waals surface area contributed by atoms with Crippen molar-refractivity contribution in [3.05, 3.63) is 53.9 Å². The predicted octanol–water partition coefficient (Wildman–Crippen LogP) is 3.24. The van der Waals surface area contributed by atoms with Gasteiger partial charge >= 0.3 is 5.97 Å². The molecule has 0 saturated carbocycles. The molecule has 1 aromatic carbocycles. The molecular weight excluding hydrogens is 234 g/mol. The number of carbonyl (C=O) groups is 1. The maximum absolute atomic E-state index is 11.0. The van der Waals surface area contributed by atoms with Gasteiger partial charge in [-0.25, -0.2) is 4.79 Å². The number of aromatic carboxylic acids is 1. The van der Waals surface area contributed by atoms with Crippen LogP contribution in [0.25, 0.3) is 0 Å². The summed E-state index contributed by atoms with van der Waals surface area (Å²) in [6.45, 7) is 2.01. The molecule has 0 aliphatic carbocycles.